The van der Waals surface area contributed by atoms with Crippen molar-refractivity contribution in [2.75, 3.05) is 0 Å². The Morgan fingerprint density at radius 3 is 1.60 bits per heavy atom. The molecule has 5 nitrogen and oxygen atoms in total. The molecule has 58 heavy (non-hydrogen) atoms. The Kier molecular flexibility index (Phi) is 6.38. The van der Waals surface area contributed by atoms with E-state index in [1.807, 2.05) is 12.1 Å². The molecule has 5 heteroatoms. The molecule has 0 atom stereocenters. The minimum absolute atomic E-state index is 0.554. The Labute approximate surface area is 331 Å². The smallest absolute Gasteiger partial charge is 0.238 e. The average molecular weight is 739 g/mol. The molecule has 3 aromatic heterocycles. The molecular formula is C53H30N4O. The summed E-state index contributed by atoms with van der Waals surface area (Å²) in [5, 5.41) is 16.0. The Hall–Kier alpha value is -7.89. The van der Waals surface area contributed by atoms with Crippen LogP contribution in [0, 0.1) is 0 Å². The SMILES string of the molecule is c1ccc2c(c1)ccc1cc(-c3nc(-c4cc5ccccc5c5oc6ccccc6c45)nc(-n4c5ccc6ccccc6c5c5c6ccccc6ccc54)n3)ccc12. The second-order valence-corrected chi connectivity index (χ2v) is 15.1. The summed E-state index contributed by atoms with van der Waals surface area (Å²) in [6, 6.07) is 64.4. The van der Waals surface area contributed by atoms with Crippen LogP contribution in [0.3, 0.4) is 0 Å². The number of hydrogen-bond donors (Lipinski definition) is 0. The fourth-order valence-electron chi connectivity index (χ4n) is 9.37. The predicted octanol–water partition coefficient (Wildman–Crippen LogP) is 14.0. The Bertz CT molecular complexity index is 3780. The molecular weight excluding hydrogens is 709 g/mol. The van der Waals surface area contributed by atoms with Crippen molar-refractivity contribution in [3.05, 3.63) is 182 Å². The Morgan fingerprint density at radius 1 is 0.362 bits per heavy atom. The first kappa shape index (κ1) is 31.3. The summed E-state index contributed by atoms with van der Waals surface area (Å²) < 4.78 is 8.88. The van der Waals surface area contributed by atoms with E-state index in [4.69, 9.17) is 19.4 Å². The Morgan fingerprint density at radius 2 is 0.879 bits per heavy atom. The molecule has 0 spiro atoms. The zero-order chi connectivity index (χ0) is 37.9. The summed E-state index contributed by atoms with van der Waals surface area (Å²) in [5.41, 5.74) is 5.54. The largest absolute Gasteiger partial charge is 0.455 e. The first-order valence-electron chi connectivity index (χ1n) is 19.6. The van der Waals surface area contributed by atoms with E-state index in [1.165, 1.54) is 48.5 Å². The summed E-state index contributed by atoms with van der Waals surface area (Å²) in [6.07, 6.45) is 0. The highest BCUT2D eigenvalue weighted by Crippen LogP contribution is 2.43. The van der Waals surface area contributed by atoms with Gasteiger partial charge in [-0.3, -0.25) is 4.57 Å². The first-order valence-corrected chi connectivity index (χ1v) is 19.6. The van der Waals surface area contributed by atoms with Crippen LogP contribution >= 0.6 is 0 Å². The van der Waals surface area contributed by atoms with Gasteiger partial charge in [0.2, 0.25) is 5.95 Å². The predicted molar refractivity (Wildman–Crippen MR) is 240 cm³/mol. The lowest BCUT2D eigenvalue weighted by molar-refractivity contribution is 0.672. The highest BCUT2D eigenvalue weighted by atomic mass is 16.3. The van der Waals surface area contributed by atoms with E-state index in [0.29, 0.717) is 17.6 Å². The van der Waals surface area contributed by atoms with E-state index in [0.717, 1.165) is 60.3 Å². The van der Waals surface area contributed by atoms with Gasteiger partial charge in [0.25, 0.3) is 0 Å². The normalized spacial score (nSPS) is 12.1. The number of furan rings is 1. The molecule has 0 N–H and O–H groups in total. The highest BCUT2D eigenvalue weighted by molar-refractivity contribution is 6.28. The van der Waals surface area contributed by atoms with Crippen molar-refractivity contribution >= 4 is 97.6 Å². The average Bonchev–Trinajstić information content (AvgIpc) is 3.86. The van der Waals surface area contributed by atoms with Crippen molar-refractivity contribution in [3.8, 4) is 28.7 Å². The molecule has 0 saturated heterocycles. The van der Waals surface area contributed by atoms with Crippen molar-refractivity contribution in [1.82, 2.24) is 19.5 Å². The number of nitrogens with zero attached hydrogens (tertiary/aromatic N) is 4. The van der Waals surface area contributed by atoms with Gasteiger partial charge >= 0.3 is 0 Å². The van der Waals surface area contributed by atoms with Crippen LogP contribution in [0.15, 0.2) is 186 Å². The number of hydrogen-bond acceptors (Lipinski definition) is 4. The maximum Gasteiger partial charge on any atom is 0.238 e. The van der Waals surface area contributed by atoms with Crippen LogP contribution in [-0.4, -0.2) is 19.5 Å². The van der Waals surface area contributed by atoms with Crippen molar-refractivity contribution in [2.24, 2.45) is 0 Å². The lowest BCUT2D eigenvalue weighted by atomic mass is 9.99. The topological polar surface area (TPSA) is 56.7 Å². The van der Waals surface area contributed by atoms with Gasteiger partial charge in [0.1, 0.15) is 11.2 Å². The van der Waals surface area contributed by atoms with Crippen molar-refractivity contribution < 1.29 is 4.42 Å². The van der Waals surface area contributed by atoms with Crippen molar-refractivity contribution in [3.63, 3.8) is 0 Å². The van der Waals surface area contributed by atoms with Crippen LogP contribution in [0.1, 0.15) is 0 Å². The quantitative estimate of drug-likeness (QED) is 0.169. The van der Waals surface area contributed by atoms with Crippen LogP contribution < -0.4 is 0 Å². The Balaban J connectivity index is 1.17. The maximum atomic E-state index is 6.65. The van der Waals surface area contributed by atoms with Gasteiger partial charge in [-0.1, -0.05) is 152 Å². The zero-order valence-corrected chi connectivity index (χ0v) is 31.0. The number of rotatable bonds is 3. The summed E-state index contributed by atoms with van der Waals surface area (Å²) in [7, 11) is 0. The van der Waals surface area contributed by atoms with Gasteiger partial charge < -0.3 is 4.42 Å². The van der Waals surface area contributed by atoms with E-state index in [2.05, 4.69) is 174 Å². The maximum absolute atomic E-state index is 6.65. The van der Waals surface area contributed by atoms with Crippen LogP contribution in [0.25, 0.3) is 126 Å². The van der Waals surface area contributed by atoms with Crippen molar-refractivity contribution in [1.29, 1.82) is 0 Å². The molecule has 13 rings (SSSR count). The van der Waals surface area contributed by atoms with Gasteiger partial charge in [-0.15, -0.1) is 0 Å². The lowest BCUT2D eigenvalue weighted by Gasteiger charge is -2.13. The third kappa shape index (κ3) is 4.44. The van der Waals surface area contributed by atoms with E-state index in [-0.39, 0.29) is 0 Å². The lowest BCUT2D eigenvalue weighted by Crippen LogP contribution is -2.06. The summed E-state index contributed by atoms with van der Waals surface area (Å²) in [4.78, 5) is 16.3. The first-order chi connectivity index (χ1) is 28.7. The van der Waals surface area contributed by atoms with E-state index in [9.17, 15) is 0 Å². The molecule has 0 aliphatic carbocycles. The third-order valence-corrected chi connectivity index (χ3v) is 12.0. The molecule has 0 radical (unpaired) electrons. The van der Waals surface area contributed by atoms with Gasteiger partial charge in [-0.05, 0) is 78.8 Å². The highest BCUT2D eigenvalue weighted by Gasteiger charge is 2.23. The second-order valence-electron chi connectivity index (χ2n) is 15.1. The number of para-hydroxylation sites is 1. The molecule has 10 aromatic carbocycles. The minimum atomic E-state index is 0.554. The fraction of sp³-hybridized carbons (Fsp3) is 0. The van der Waals surface area contributed by atoms with Crippen LogP contribution in [0.4, 0.5) is 0 Å². The van der Waals surface area contributed by atoms with Crippen LogP contribution in [0.5, 0.6) is 0 Å². The molecule has 0 bridgehead atoms. The summed E-state index contributed by atoms with van der Waals surface area (Å²) >= 11 is 0. The number of benzene rings is 10. The molecule has 0 aliphatic heterocycles. The molecule has 0 aliphatic rings. The van der Waals surface area contributed by atoms with Gasteiger partial charge in [-0.25, -0.2) is 4.98 Å². The van der Waals surface area contributed by atoms with Crippen LogP contribution in [0.2, 0.25) is 0 Å². The number of aromatic nitrogens is 4. The van der Waals surface area contributed by atoms with E-state index >= 15 is 0 Å². The second kappa shape index (κ2) is 11.8. The van der Waals surface area contributed by atoms with Crippen molar-refractivity contribution in [2.45, 2.75) is 0 Å². The monoisotopic (exact) mass is 738 g/mol. The van der Waals surface area contributed by atoms with Gasteiger partial charge in [0, 0.05) is 38.1 Å². The summed E-state index contributed by atoms with van der Waals surface area (Å²) in [5.74, 6) is 1.73. The standard InChI is InChI=1S/C53H30N4O/c1-5-15-37-31(11-1)21-22-35-29-36(23-26-38(35)37)51-54-52(43-30-34-14-4-8-18-41(34)50-47(43)42-19-9-10-20-46(42)58-50)56-53(55-51)57-44-27-24-32-12-2-6-16-39(32)48(44)49-40-17-7-3-13-33(40)25-28-45(49)57/h1-30H. The number of fused-ring (bicyclic) bond motifs is 15. The third-order valence-electron chi connectivity index (χ3n) is 12.0. The summed E-state index contributed by atoms with van der Waals surface area (Å²) in [6.45, 7) is 0. The molecule has 0 saturated carbocycles. The molecule has 0 unspecified atom stereocenters. The van der Waals surface area contributed by atoms with Crippen LogP contribution in [-0.2, 0) is 0 Å². The zero-order valence-electron chi connectivity index (χ0n) is 31.0. The van der Waals surface area contributed by atoms with Gasteiger partial charge in [0.05, 0.1) is 11.0 Å². The van der Waals surface area contributed by atoms with E-state index in [1.54, 1.807) is 0 Å². The molecule has 0 fully saturated rings. The van der Waals surface area contributed by atoms with E-state index < -0.39 is 0 Å². The molecule has 268 valence electrons. The van der Waals surface area contributed by atoms with Gasteiger partial charge in [-0.2, -0.15) is 9.97 Å². The fourth-order valence-corrected chi connectivity index (χ4v) is 9.37. The molecule has 0 amide bonds. The molecule has 13 aromatic rings. The van der Waals surface area contributed by atoms with Gasteiger partial charge in [0.15, 0.2) is 11.6 Å². The molecule has 3 heterocycles. The minimum Gasteiger partial charge on any atom is -0.455 e.